The van der Waals surface area contributed by atoms with Crippen LogP contribution in [-0.2, 0) is 17.4 Å². The number of carbonyl (C=O) groups excluding carboxylic acids is 1. The summed E-state index contributed by atoms with van der Waals surface area (Å²) in [6.45, 7) is 0. The average molecular weight is 300 g/mol. The van der Waals surface area contributed by atoms with E-state index in [0.717, 1.165) is 24.6 Å². The summed E-state index contributed by atoms with van der Waals surface area (Å²) in [6, 6.07) is 2.43. The van der Waals surface area contributed by atoms with E-state index in [9.17, 15) is 18.0 Å². The van der Waals surface area contributed by atoms with Crippen molar-refractivity contribution in [2.24, 2.45) is 0 Å². The molecule has 2 heterocycles. The molecule has 1 amide bonds. The topological polar surface area (TPSA) is 83.8 Å². The van der Waals surface area contributed by atoms with Gasteiger partial charge in [-0.25, -0.2) is 0 Å². The smallest absolute Gasteiger partial charge is 0.361 e. The Labute approximate surface area is 116 Å². The van der Waals surface area contributed by atoms with E-state index in [1.54, 1.807) is 6.07 Å². The molecule has 0 atom stereocenters. The summed E-state index contributed by atoms with van der Waals surface area (Å²) < 4.78 is 42.1. The highest BCUT2D eigenvalue weighted by Crippen LogP contribution is 2.39. The van der Waals surface area contributed by atoms with Gasteiger partial charge in [0.2, 0.25) is 5.91 Å². The monoisotopic (exact) mass is 300 g/mol. The number of nitrogens with zero attached hydrogens (tertiary/aromatic N) is 2. The van der Waals surface area contributed by atoms with Gasteiger partial charge in [0.25, 0.3) is 0 Å². The molecule has 0 spiro atoms. The van der Waals surface area contributed by atoms with Crippen molar-refractivity contribution in [3.63, 3.8) is 0 Å². The largest absolute Gasteiger partial charge is 0.432 e. The van der Waals surface area contributed by atoms with Crippen molar-refractivity contribution in [3.05, 3.63) is 29.3 Å². The zero-order valence-corrected chi connectivity index (χ0v) is 10.7. The second-order valence-electron chi connectivity index (χ2n) is 4.88. The van der Waals surface area contributed by atoms with Crippen LogP contribution < -0.4 is 5.32 Å². The Kier molecular flexibility index (Phi) is 3.19. The molecule has 1 aliphatic rings. The standard InChI is InChI=1S/C12H11F3N4O2/c13-12(14,15)9-5-10(18-17-9)16-11(20)4-7-3-8(19-21-7)6-1-2-6/h3,5-6H,1-2,4H2,(H2,16,17,18,20). The molecular formula is C12H11F3N4O2. The summed E-state index contributed by atoms with van der Waals surface area (Å²) in [6.07, 6.45) is -2.51. The molecule has 0 radical (unpaired) electrons. The number of rotatable bonds is 4. The van der Waals surface area contributed by atoms with E-state index in [4.69, 9.17) is 4.52 Å². The van der Waals surface area contributed by atoms with Gasteiger partial charge in [-0.05, 0) is 12.8 Å². The van der Waals surface area contributed by atoms with Gasteiger partial charge in [0.1, 0.15) is 11.5 Å². The third kappa shape index (κ3) is 3.23. The van der Waals surface area contributed by atoms with Crippen LogP contribution in [0.25, 0.3) is 0 Å². The van der Waals surface area contributed by atoms with E-state index in [1.165, 1.54) is 0 Å². The lowest BCUT2D eigenvalue weighted by Crippen LogP contribution is -2.14. The van der Waals surface area contributed by atoms with Gasteiger partial charge in [-0.15, -0.1) is 0 Å². The highest BCUT2D eigenvalue weighted by molar-refractivity contribution is 5.91. The van der Waals surface area contributed by atoms with Crippen LogP contribution in [0.1, 0.15) is 35.9 Å². The van der Waals surface area contributed by atoms with Crippen molar-refractivity contribution in [1.29, 1.82) is 0 Å². The van der Waals surface area contributed by atoms with Crippen LogP contribution in [0.4, 0.5) is 19.0 Å². The normalized spacial score (nSPS) is 15.2. The number of amides is 1. The Bertz CT molecular complexity index is 658. The van der Waals surface area contributed by atoms with Crippen molar-refractivity contribution in [3.8, 4) is 0 Å². The first-order valence-corrected chi connectivity index (χ1v) is 6.30. The number of anilines is 1. The molecule has 0 aliphatic heterocycles. The van der Waals surface area contributed by atoms with Crippen LogP contribution in [0.5, 0.6) is 0 Å². The van der Waals surface area contributed by atoms with Crippen LogP contribution in [-0.4, -0.2) is 21.3 Å². The van der Waals surface area contributed by atoms with Gasteiger partial charge in [-0.2, -0.15) is 18.3 Å². The van der Waals surface area contributed by atoms with E-state index >= 15 is 0 Å². The molecule has 2 N–H and O–H groups in total. The lowest BCUT2D eigenvalue weighted by molar-refractivity contribution is -0.141. The minimum atomic E-state index is -4.53. The van der Waals surface area contributed by atoms with Gasteiger partial charge in [0.15, 0.2) is 5.82 Å². The molecule has 0 unspecified atom stereocenters. The van der Waals surface area contributed by atoms with Gasteiger partial charge < -0.3 is 9.84 Å². The number of nitrogens with one attached hydrogen (secondary N) is 2. The highest BCUT2D eigenvalue weighted by atomic mass is 19.4. The minimum Gasteiger partial charge on any atom is -0.361 e. The molecule has 1 fully saturated rings. The van der Waals surface area contributed by atoms with Crippen LogP contribution >= 0.6 is 0 Å². The summed E-state index contributed by atoms with van der Waals surface area (Å²) in [5, 5.41) is 11.3. The first-order chi connectivity index (χ1) is 9.91. The lowest BCUT2D eigenvalue weighted by atomic mass is 10.2. The summed E-state index contributed by atoms with van der Waals surface area (Å²) in [7, 11) is 0. The first kappa shape index (κ1) is 13.7. The maximum absolute atomic E-state index is 12.4. The molecule has 3 rings (SSSR count). The fourth-order valence-corrected chi connectivity index (χ4v) is 1.86. The summed E-state index contributed by atoms with van der Waals surface area (Å²) >= 11 is 0. The highest BCUT2D eigenvalue weighted by Gasteiger charge is 2.33. The maximum atomic E-state index is 12.4. The molecule has 112 valence electrons. The fraction of sp³-hybridized carbons (Fsp3) is 0.417. The molecule has 0 aromatic carbocycles. The Morgan fingerprint density at radius 1 is 1.43 bits per heavy atom. The zero-order valence-electron chi connectivity index (χ0n) is 10.7. The molecule has 1 aliphatic carbocycles. The van der Waals surface area contributed by atoms with E-state index < -0.39 is 17.8 Å². The van der Waals surface area contributed by atoms with Crippen LogP contribution in [0.15, 0.2) is 16.7 Å². The van der Waals surface area contributed by atoms with E-state index in [2.05, 4.69) is 15.6 Å². The lowest BCUT2D eigenvalue weighted by Gasteiger charge is -2.00. The molecule has 6 nitrogen and oxygen atoms in total. The van der Waals surface area contributed by atoms with Crippen molar-refractivity contribution in [2.75, 3.05) is 5.32 Å². The molecule has 1 saturated carbocycles. The molecule has 2 aromatic heterocycles. The van der Waals surface area contributed by atoms with Crippen molar-refractivity contribution in [2.45, 2.75) is 31.4 Å². The van der Waals surface area contributed by atoms with Gasteiger partial charge in [0, 0.05) is 18.1 Å². The Morgan fingerprint density at radius 2 is 2.19 bits per heavy atom. The number of H-pyrrole nitrogens is 1. The van der Waals surface area contributed by atoms with Crippen LogP contribution in [0.3, 0.4) is 0 Å². The second-order valence-corrected chi connectivity index (χ2v) is 4.88. The average Bonchev–Trinajstić information content (AvgIpc) is 2.94. The molecule has 21 heavy (non-hydrogen) atoms. The molecule has 0 saturated heterocycles. The SMILES string of the molecule is O=C(Cc1cc(C2CC2)no1)Nc1cc(C(F)(F)F)[nH]n1. The molecule has 9 heteroatoms. The van der Waals surface area contributed by atoms with Crippen molar-refractivity contribution in [1.82, 2.24) is 15.4 Å². The Balaban J connectivity index is 1.59. The number of halogens is 3. The maximum Gasteiger partial charge on any atom is 0.432 e. The number of alkyl halides is 3. The second kappa shape index (κ2) is 4.90. The number of aromatic amines is 1. The number of hydrogen-bond acceptors (Lipinski definition) is 4. The van der Waals surface area contributed by atoms with E-state index in [1.807, 2.05) is 5.10 Å². The third-order valence-corrected chi connectivity index (χ3v) is 3.06. The number of aromatic nitrogens is 3. The van der Waals surface area contributed by atoms with Crippen molar-refractivity contribution < 1.29 is 22.5 Å². The minimum absolute atomic E-state index is 0.103. The quantitative estimate of drug-likeness (QED) is 0.908. The third-order valence-electron chi connectivity index (χ3n) is 3.06. The fourth-order valence-electron chi connectivity index (χ4n) is 1.86. The van der Waals surface area contributed by atoms with Crippen molar-refractivity contribution >= 4 is 11.7 Å². The molecule has 2 aromatic rings. The predicted octanol–water partition coefficient (Wildman–Crippen LogP) is 2.48. The Hall–Kier alpha value is -2.32. The van der Waals surface area contributed by atoms with Gasteiger partial charge in [-0.1, -0.05) is 5.16 Å². The Morgan fingerprint density at radius 3 is 2.81 bits per heavy atom. The van der Waals surface area contributed by atoms with E-state index in [0.29, 0.717) is 11.7 Å². The van der Waals surface area contributed by atoms with E-state index in [-0.39, 0.29) is 12.2 Å². The first-order valence-electron chi connectivity index (χ1n) is 6.30. The number of hydrogen-bond donors (Lipinski definition) is 2. The molecular weight excluding hydrogens is 289 g/mol. The van der Waals surface area contributed by atoms with Crippen LogP contribution in [0.2, 0.25) is 0 Å². The molecule has 0 bridgehead atoms. The zero-order chi connectivity index (χ0) is 15.0. The predicted molar refractivity (Wildman–Crippen MR) is 64.4 cm³/mol. The number of carbonyl (C=O) groups is 1. The summed E-state index contributed by atoms with van der Waals surface area (Å²) in [4.78, 5) is 11.7. The summed E-state index contributed by atoms with van der Waals surface area (Å²) in [5.41, 5.74) is -0.203. The summed E-state index contributed by atoms with van der Waals surface area (Å²) in [5.74, 6) is 0.0789. The van der Waals surface area contributed by atoms with Crippen LogP contribution in [0, 0.1) is 0 Å². The van der Waals surface area contributed by atoms with Gasteiger partial charge in [-0.3, -0.25) is 9.89 Å². The van der Waals surface area contributed by atoms with Gasteiger partial charge in [0.05, 0.1) is 12.1 Å². The van der Waals surface area contributed by atoms with Gasteiger partial charge >= 0.3 is 6.18 Å².